The van der Waals surface area contributed by atoms with Crippen molar-refractivity contribution in [3.8, 4) is 0 Å². The van der Waals surface area contributed by atoms with Crippen LogP contribution >= 0.6 is 0 Å². The van der Waals surface area contributed by atoms with Crippen LogP contribution < -0.4 is 10.5 Å². The molecule has 2 rings (SSSR count). The van der Waals surface area contributed by atoms with E-state index in [1.165, 1.54) is 24.6 Å². The predicted molar refractivity (Wildman–Crippen MR) is 81.4 cm³/mol. The maximum absolute atomic E-state index is 12.2. The smallest absolute Gasteiger partial charge is 0.251 e. The van der Waals surface area contributed by atoms with E-state index >= 15 is 0 Å². The first kappa shape index (κ1) is 16.0. The molecule has 1 aliphatic rings. The second-order valence-electron chi connectivity index (χ2n) is 6.02. The van der Waals surface area contributed by atoms with E-state index in [9.17, 15) is 13.2 Å². The summed E-state index contributed by atoms with van der Waals surface area (Å²) in [7, 11) is -3.73. The molecule has 0 spiro atoms. The third kappa shape index (κ3) is 4.04. The van der Waals surface area contributed by atoms with Crippen LogP contribution in [0.1, 0.15) is 42.1 Å². The fraction of sp³-hybridized carbons (Fsp3) is 0.533. The summed E-state index contributed by atoms with van der Waals surface area (Å²) in [6.45, 7) is 4.62. The average molecular weight is 310 g/mol. The second kappa shape index (κ2) is 6.15. The molecule has 0 aliphatic heterocycles. The Morgan fingerprint density at radius 1 is 1.38 bits per heavy atom. The van der Waals surface area contributed by atoms with E-state index in [4.69, 9.17) is 5.14 Å². The van der Waals surface area contributed by atoms with Gasteiger partial charge in [-0.05, 0) is 55.4 Å². The summed E-state index contributed by atoms with van der Waals surface area (Å²) >= 11 is 0. The topological polar surface area (TPSA) is 89.3 Å². The van der Waals surface area contributed by atoms with Crippen LogP contribution in [0, 0.1) is 18.8 Å². The summed E-state index contributed by atoms with van der Waals surface area (Å²) in [6, 6.07) is 4.32. The van der Waals surface area contributed by atoms with E-state index in [0.29, 0.717) is 23.6 Å². The average Bonchev–Trinajstić information content (AvgIpc) is 2.80. The Kier molecular flexibility index (Phi) is 4.68. The number of amides is 1. The van der Waals surface area contributed by atoms with Crippen LogP contribution in [0.15, 0.2) is 23.1 Å². The molecule has 0 radical (unpaired) electrons. The Hall–Kier alpha value is -1.40. The highest BCUT2D eigenvalue weighted by atomic mass is 32.2. The SMILES string of the molecule is Cc1cc(S(N)(=O)=O)ccc1C(=O)NCC1CCC(C)C1. The second-order valence-corrected chi connectivity index (χ2v) is 7.58. The van der Waals surface area contributed by atoms with Gasteiger partial charge in [0.2, 0.25) is 10.0 Å². The monoisotopic (exact) mass is 310 g/mol. The van der Waals surface area contributed by atoms with Gasteiger partial charge >= 0.3 is 0 Å². The van der Waals surface area contributed by atoms with Crippen LogP contribution in [-0.2, 0) is 10.0 Å². The maximum atomic E-state index is 12.2. The standard InChI is InChI=1S/C15H22N2O3S/c1-10-3-4-12(7-10)9-17-15(18)14-6-5-13(8-11(14)2)21(16,19)20/h5-6,8,10,12H,3-4,7,9H2,1-2H3,(H,17,18)(H2,16,19,20). The van der Waals surface area contributed by atoms with Crippen molar-refractivity contribution in [2.45, 2.75) is 38.0 Å². The molecule has 1 fully saturated rings. The Balaban J connectivity index is 2.03. The van der Waals surface area contributed by atoms with Crippen molar-refractivity contribution in [3.05, 3.63) is 29.3 Å². The minimum Gasteiger partial charge on any atom is -0.352 e. The molecule has 0 heterocycles. The van der Waals surface area contributed by atoms with E-state index in [0.717, 1.165) is 18.8 Å². The molecule has 116 valence electrons. The Labute approximate surface area is 126 Å². The van der Waals surface area contributed by atoms with Crippen molar-refractivity contribution < 1.29 is 13.2 Å². The molecular weight excluding hydrogens is 288 g/mol. The molecule has 0 saturated heterocycles. The summed E-state index contributed by atoms with van der Waals surface area (Å²) in [4.78, 5) is 12.2. The van der Waals surface area contributed by atoms with Crippen LogP contribution in [0.2, 0.25) is 0 Å². The van der Waals surface area contributed by atoms with E-state index in [1.54, 1.807) is 6.92 Å². The summed E-state index contributed by atoms with van der Waals surface area (Å²) in [5.74, 6) is 1.13. The lowest BCUT2D eigenvalue weighted by Crippen LogP contribution is -2.29. The molecule has 6 heteroatoms. The number of nitrogens with one attached hydrogen (secondary N) is 1. The Morgan fingerprint density at radius 3 is 2.62 bits per heavy atom. The minimum atomic E-state index is -3.73. The van der Waals surface area contributed by atoms with Crippen molar-refractivity contribution in [2.75, 3.05) is 6.54 Å². The molecule has 0 aromatic heterocycles. The predicted octanol–water partition coefficient (Wildman–Crippen LogP) is 1.81. The molecule has 21 heavy (non-hydrogen) atoms. The number of hydrogen-bond acceptors (Lipinski definition) is 3. The molecule has 3 N–H and O–H groups in total. The fourth-order valence-corrected chi connectivity index (χ4v) is 3.51. The van der Waals surface area contributed by atoms with E-state index in [2.05, 4.69) is 12.2 Å². The number of carbonyl (C=O) groups excluding carboxylic acids is 1. The van der Waals surface area contributed by atoms with E-state index in [-0.39, 0.29) is 10.8 Å². The van der Waals surface area contributed by atoms with Crippen molar-refractivity contribution in [1.82, 2.24) is 5.32 Å². The fourth-order valence-electron chi connectivity index (χ4n) is 2.91. The molecule has 5 nitrogen and oxygen atoms in total. The number of hydrogen-bond donors (Lipinski definition) is 2. The van der Waals surface area contributed by atoms with Crippen molar-refractivity contribution in [1.29, 1.82) is 0 Å². The van der Waals surface area contributed by atoms with Gasteiger partial charge in [0, 0.05) is 12.1 Å². The number of primary sulfonamides is 1. The lowest BCUT2D eigenvalue weighted by molar-refractivity contribution is 0.0946. The highest BCUT2D eigenvalue weighted by Crippen LogP contribution is 2.29. The lowest BCUT2D eigenvalue weighted by atomic mass is 10.1. The van der Waals surface area contributed by atoms with Crippen molar-refractivity contribution in [2.24, 2.45) is 17.0 Å². The van der Waals surface area contributed by atoms with Gasteiger partial charge in [0.1, 0.15) is 0 Å². The first-order valence-electron chi connectivity index (χ1n) is 7.19. The number of rotatable bonds is 4. The molecule has 1 saturated carbocycles. The van der Waals surface area contributed by atoms with Gasteiger partial charge in [0.05, 0.1) is 4.90 Å². The molecule has 0 bridgehead atoms. The van der Waals surface area contributed by atoms with Crippen molar-refractivity contribution >= 4 is 15.9 Å². The zero-order chi connectivity index (χ0) is 15.6. The lowest BCUT2D eigenvalue weighted by Gasteiger charge is -2.12. The largest absolute Gasteiger partial charge is 0.352 e. The van der Waals surface area contributed by atoms with Gasteiger partial charge in [-0.15, -0.1) is 0 Å². The van der Waals surface area contributed by atoms with Crippen LogP contribution in [0.25, 0.3) is 0 Å². The highest BCUT2D eigenvalue weighted by molar-refractivity contribution is 7.89. The zero-order valence-electron chi connectivity index (χ0n) is 12.4. The van der Waals surface area contributed by atoms with Gasteiger partial charge in [-0.2, -0.15) is 0 Å². The van der Waals surface area contributed by atoms with Crippen LogP contribution in [0.4, 0.5) is 0 Å². The number of aryl methyl sites for hydroxylation is 1. The van der Waals surface area contributed by atoms with Crippen LogP contribution in [-0.4, -0.2) is 20.9 Å². The van der Waals surface area contributed by atoms with Gasteiger partial charge in [0.25, 0.3) is 5.91 Å². The zero-order valence-corrected chi connectivity index (χ0v) is 13.2. The highest BCUT2D eigenvalue weighted by Gasteiger charge is 2.22. The molecule has 2 unspecified atom stereocenters. The van der Waals surface area contributed by atoms with Gasteiger partial charge in [-0.3, -0.25) is 4.79 Å². The molecule has 2 atom stereocenters. The molecule has 1 aliphatic carbocycles. The summed E-state index contributed by atoms with van der Waals surface area (Å²) in [5, 5.41) is 8.02. The molecule has 1 aromatic rings. The first-order chi connectivity index (χ1) is 9.77. The first-order valence-corrected chi connectivity index (χ1v) is 8.73. The quantitative estimate of drug-likeness (QED) is 0.888. The van der Waals surface area contributed by atoms with Crippen LogP contribution in [0.3, 0.4) is 0 Å². The minimum absolute atomic E-state index is 0.0289. The summed E-state index contributed by atoms with van der Waals surface area (Å²) < 4.78 is 22.5. The van der Waals surface area contributed by atoms with Crippen molar-refractivity contribution in [3.63, 3.8) is 0 Å². The number of benzene rings is 1. The molecule has 1 aromatic carbocycles. The van der Waals surface area contributed by atoms with E-state index < -0.39 is 10.0 Å². The van der Waals surface area contributed by atoms with Gasteiger partial charge in [-0.1, -0.05) is 13.3 Å². The maximum Gasteiger partial charge on any atom is 0.251 e. The summed E-state index contributed by atoms with van der Waals surface area (Å²) in [6.07, 6.45) is 3.54. The normalized spacial score (nSPS) is 22.2. The number of sulfonamides is 1. The number of nitrogens with two attached hydrogens (primary N) is 1. The van der Waals surface area contributed by atoms with Gasteiger partial charge in [-0.25, -0.2) is 13.6 Å². The molecular formula is C15H22N2O3S. The summed E-state index contributed by atoms with van der Waals surface area (Å²) in [5.41, 5.74) is 1.10. The third-order valence-corrected chi connectivity index (χ3v) is 5.04. The van der Waals surface area contributed by atoms with Gasteiger partial charge in [0.15, 0.2) is 0 Å². The Morgan fingerprint density at radius 2 is 2.10 bits per heavy atom. The van der Waals surface area contributed by atoms with Crippen LogP contribution in [0.5, 0.6) is 0 Å². The van der Waals surface area contributed by atoms with Gasteiger partial charge < -0.3 is 5.32 Å². The van der Waals surface area contributed by atoms with E-state index in [1.807, 2.05) is 0 Å². The Bertz CT molecular complexity index is 640. The number of carbonyl (C=O) groups is 1. The molecule has 1 amide bonds. The third-order valence-electron chi connectivity index (χ3n) is 4.13.